The first kappa shape index (κ1) is 16.9. The predicted molar refractivity (Wildman–Crippen MR) is 80.4 cm³/mol. The van der Waals surface area contributed by atoms with E-state index in [2.05, 4.69) is 5.32 Å². The van der Waals surface area contributed by atoms with E-state index in [9.17, 15) is 17.6 Å². The number of benzene rings is 1. The fraction of sp³-hybridized carbons (Fsp3) is 0.500. The highest BCUT2D eigenvalue weighted by Gasteiger charge is 2.26. The van der Waals surface area contributed by atoms with Gasteiger partial charge in [0.05, 0.1) is 18.9 Å². The number of carbonyl (C=O) groups excluding carboxylic acids is 1. The molecule has 0 aromatic heterocycles. The Kier molecular flexibility index (Phi) is 5.49. The van der Waals surface area contributed by atoms with Gasteiger partial charge in [0.15, 0.2) is 0 Å². The van der Waals surface area contributed by atoms with Crippen LogP contribution in [0.15, 0.2) is 24.3 Å². The monoisotopic (exact) mass is 330 g/mol. The van der Waals surface area contributed by atoms with Crippen LogP contribution in [-0.2, 0) is 19.6 Å². The molecule has 2 rings (SSSR count). The molecule has 1 unspecified atom stereocenters. The van der Waals surface area contributed by atoms with Gasteiger partial charge in [0, 0.05) is 18.8 Å². The van der Waals surface area contributed by atoms with Crippen LogP contribution in [0.2, 0.25) is 0 Å². The molecule has 0 bridgehead atoms. The predicted octanol–water partition coefficient (Wildman–Crippen LogP) is 1.20. The fourth-order valence-corrected chi connectivity index (χ4v) is 3.02. The summed E-state index contributed by atoms with van der Waals surface area (Å²) in [6.45, 7) is 0.482. The Labute approximate surface area is 129 Å². The van der Waals surface area contributed by atoms with Crippen molar-refractivity contribution < 1.29 is 22.3 Å². The summed E-state index contributed by atoms with van der Waals surface area (Å²) >= 11 is 0. The SMILES string of the molecule is CS(=O)(=O)N(CC(=O)Nc1ccc(F)cc1)CC1CCCO1. The van der Waals surface area contributed by atoms with Gasteiger partial charge < -0.3 is 10.1 Å². The number of anilines is 1. The zero-order chi connectivity index (χ0) is 16.2. The van der Waals surface area contributed by atoms with Crippen LogP contribution in [0.4, 0.5) is 10.1 Å². The van der Waals surface area contributed by atoms with Crippen LogP contribution in [0.3, 0.4) is 0 Å². The largest absolute Gasteiger partial charge is 0.377 e. The minimum atomic E-state index is -3.51. The first-order valence-electron chi connectivity index (χ1n) is 6.97. The molecule has 1 fully saturated rings. The molecule has 0 radical (unpaired) electrons. The average Bonchev–Trinajstić information content (AvgIpc) is 2.92. The summed E-state index contributed by atoms with van der Waals surface area (Å²) in [6.07, 6.45) is 2.57. The van der Waals surface area contributed by atoms with E-state index in [1.54, 1.807) is 0 Å². The molecule has 122 valence electrons. The lowest BCUT2D eigenvalue weighted by Crippen LogP contribution is -2.41. The Morgan fingerprint density at radius 3 is 2.64 bits per heavy atom. The standard InChI is InChI=1S/C14H19FN2O4S/c1-22(19,20)17(9-13-3-2-8-21-13)10-14(18)16-12-6-4-11(15)5-7-12/h4-7,13H,2-3,8-10H2,1H3,(H,16,18). The van der Waals surface area contributed by atoms with Gasteiger partial charge in [-0.05, 0) is 37.1 Å². The summed E-state index contributed by atoms with van der Waals surface area (Å²) in [7, 11) is -3.51. The van der Waals surface area contributed by atoms with Crippen molar-refractivity contribution in [1.29, 1.82) is 0 Å². The fourth-order valence-electron chi connectivity index (χ4n) is 2.23. The van der Waals surface area contributed by atoms with Gasteiger partial charge in [-0.1, -0.05) is 0 Å². The Morgan fingerprint density at radius 1 is 1.41 bits per heavy atom. The minimum Gasteiger partial charge on any atom is -0.377 e. The lowest BCUT2D eigenvalue weighted by molar-refractivity contribution is -0.116. The van der Waals surface area contributed by atoms with Crippen LogP contribution in [-0.4, -0.2) is 50.7 Å². The third-order valence-electron chi connectivity index (χ3n) is 3.35. The number of hydrogen-bond acceptors (Lipinski definition) is 4. The first-order valence-corrected chi connectivity index (χ1v) is 8.81. The van der Waals surface area contributed by atoms with Crippen LogP contribution in [0.1, 0.15) is 12.8 Å². The second-order valence-electron chi connectivity index (χ2n) is 5.25. The van der Waals surface area contributed by atoms with Crippen LogP contribution < -0.4 is 5.32 Å². The van der Waals surface area contributed by atoms with Crippen LogP contribution in [0.5, 0.6) is 0 Å². The summed E-state index contributed by atoms with van der Waals surface area (Å²) < 4.78 is 42.9. The minimum absolute atomic E-state index is 0.162. The molecule has 1 heterocycles. The van der Waals surface area contributed by atoms with Gasteiger partial charge in [-0.3, -0.25) is 4.79 Å². The van der Waals surface area contributed by atoms with E-state index >= 15 is 0 Å². The number of nitrogens with one attached hydrogen (secondary N) is 1. The molecule has 0 spiro atoms. The number of ether oxygens (including phenoxy) is 1. The third-order valence-corrected chi connectivity index (χ3v) is 4.56. The van der Waals surface area contributed by atoms with Crippen LogP contribution in [0.25, 0.3) is 0 Å². The Morgan fingerprint density at radius 2 is 2.09 bits per heavy atom. The summed E-state index contributed by atoms with van der Waals surface area (Å²) in [5.74, 6) is -0.885. The van der Waals surface area contributed by atoms with Gasteiger partial charge in [0.1, 0.15) is 5.82 Å². The number of sulfonamides is 1. The molecule has 8 heteroatoms. The molecule has 0 saturated carbocycles. The quantitative estimate of drug-likeness (QED) is 0.850. The third kappa shape index (κ3) is 5.04. The van der Waals surface area contributed by atoms with Crippen molar-refractivity contribution in [2.75, 3.05) is 31.3 Å². The van der Waals surface area contributed by atoms with E-state index in [4.69, 9.17) is 4.74 Å². The van der Waals surface area contributed by atoms with Gasteiger partial charge in [-0.2, -0.15) is 4.31 Å². The number of halogens is 1. The van der Waals surface area contributed by atoms with Gasteiger partial charge in [-0.15, -0.1) is 0 Å². The average molecular weight is 330 g/mol. The van der Waals surface area contributed by atoms with Crippen molar-refractivity contribution >= 4 is 21.6 Å². The molecule has 22 heavy (non-hydrogen) atoms. The van der Waals surface area contributed by atoms with Crippen LogP contribution >= 0.6 is 0 Å². The highest BCUT2D eigenvalue weighted by Crippen LogP contribution is 2.15. The lowest BCUT2D eigenvalue weighted by atomic mass is 10.2. The van der Waals surface area contributed by atoms with Crippen molar-refractivity contribution in [3.05, 3.63) is 30.1 Å². The van der Waals surface area contributed by atoms with Crippen molar-refractivity contribution in [2.24, 2.45) is 0 Å². The van der Waals surface area contributed by atoms with Gasteiger partial charge >= 0.3 is 0 Å². The summed E-state index contributed by atoms with van der Waals surface area (Å²) in [5.41, 5.74) is 0.414. The van der Waals surface area contributed by atoms with Crippen LogP contribution in [0, 0.1) is 5.82 Å². The Hall–Kier alpha value is -1.51. The molecule has 1 atom stereocenters. The van der Waals surface area contributed by atoms with E-state index in [1.807, 2.05) is 0 Å². The number of carbonyl (C=O) groups is 1. The summed E-state index contributed by atoms with van der Waals surface area (Å²) in [6, 6.07) is 5.27. The molecular formula is C14H19FN2O4S. The lowest BCUT2D eigenvalue weighted by Gasteiger charge is -2.22. The number of amides is 1. The first-order chi connectivity index (χ1) is 10.3. The second kappa shape index (κ2) is 7.17. The van der Waals surface area contributed by atoms with Gasteiger partial charge in [-0.25, -0.2) is 12.8 Å². The highest BCUT2D eigenvalue weighted by molar-refractivity contribution is 7.88. The highest BCUT2D eigenvalue weighted by atomic mass is 32.2. The van der Waals surface area contributed by atoms with E-state index in [0.717, 1.165) is 23.4 Å². The second-order valence-corrected chi connectivity index (χ2v) is 7.23. The zero-order valence-electron chi connectivity index (χ0n) is 12.3. The van der Waals surface area contributed by atoms with E-state index in [0.29, 0.717) is 12.3 Å². The molecule has 1 aliphatic rings. The van der Waals surface area contributed by atoms with Crippen molar-refractivity contribution in [3.63, 3.8) is 0 Å². The molecule has 1 saturated heterocycles. The van der Waals surface area contributed by atoms with E-state index in [1.165, 1.54) is 24.3 Å². The normalized spacial score (nSPS) is 18.6. The molecule has 0 aliphatic carbocycles. The summed E-state index contributed by atoms with van der Waals surface area (Å²) in [5, 5.41) is 2.54. The summed E-state index contributed by atoms with van der Waals surface area (Å²) in [4.78, 5) is 12.0. The molecule has 1 aromatic carbocycles. The number of hydrogen-bond donors (Lipinski definition) is 1. The van der Waals surface area contributed by atoms with Gasteiger partial charge in [0.2, 0.25) is 15.9 Å². The number of rotatable bonds is 6. The maximum atomic E-state index is 12.8. The maximum absolute atomic E-state index is 12.8. The molecule has 1 amide bonds. The molecule has 1 aliphatic heterocycles. The van der Waals surface area contributed by atoms with Crippen molar-refractivity contribution in [3.8, 4) is 0 Å². The maximum Gasteiger partial charge on any atom is 0.239 e. The van der Waals surface area contributed by atoms with Gasteiger partial charge in [0.25, 0.3) is 0 Å². The Balaban J connectivity index is 1.96. The zero-order valence-corrected chi connectivity index (χ0v) is 13.1. The Bertz CT molecular complexity index is 612. The van der Waals surface area contributed by atoms with E-state index < -0.39 is 21.7 Å². The van der Waals surface area contributed by atoms with Crippen molar-refractivity contribution in [2.45, 2.75) is 18.9 Å². The molecule has 6 nitrogen and oxygen atoms in total. The topological polar surface area (TPSA) is 75.7 Å². The molecule has 1 N–H and O–H groups in total. The smallest absolute Gasteiger partial charge is 0.239 e. The number of nitrogens with zero attached hydrogens (tertiary/aromatic N) is 1. The molecule has 1 aromatic rings. The van der Waals surface area contributed by atoms with Crippen molar-refractivity contribution in [1.82, 2.24) is 4.31 Å². The molecular weight excluding hydrogens is 311 g/mol. The van der Waals surface area contributed by atoms with E-state index in [-0.39, 0.29) is 19.2 Å².